The van der Waals surface area contributed by atoms with E-state index in [1.165, 1.54) is 11.8 Å². The zero-order valence-corrected chi connectivity index (χ0v) is 17.7. The normalized spacial score (nSPS) is 15.8. The number of hydrogen-bond acceptors (Lipinski definition) is 8. The van der Waals surface area contributed by atoms with Crippen LogP contribution in [0.4, 0.5) is 11.8 Å². The van der Waals surface area contributed by atoms with Crippen LogP contribution in [0.5, 0.6) is 0 Å². The molecular weight excluding hydrogens is 380 g/mol. The molecule has 1 fully saturated rings. The summed E-state index contributed by atoms with van der Waals surface area (Å²) in [7, 11) is 0. The van der Waals surface area contributed by atoms with Crippen LogP contribution in [0.2, 0.25) is 0 Å². The van der Waals surface area contributed by atoms with Gasteiger partial charge in [-0.25, -0.2) is 0 Å². The Labute approximate surface area is 169 Å². The molecule has 1 unspecified atom stereocenters. The van der Waals surface area contributed by atoms with Gasteiger partial charge >= 0.3 is 0 Å². The van der Waals surface area contributed by atoms with Crippen LogP contribution in [-0.4, -0.2) is 57.4 Å². The van der Waals surface area contributed by atoms with E-state index in [-0.39, 0.29) is 11.2 Å². The van der Waals surface area contributed by atoms with Crippen molar-refractivity contribution in [2.45, 2.75) is 51.1 Å². The van der Waals surface area contributed by atoms with E-state index in [0.29, 0.717) is 37.1 Å². The highest BCUT2D eigenvalue weighted by molar-refractivity contribution is 8.00. The average Bonchev–Trinajstić information content (AvgIpc) is 3.26. The molecule has 1 saturated heterocycles. The summed E-state index contributed by atoms with van der Waals surface area (Å²) in [4.78, 5) is 14.9. The van der Waals surface area contributed by atoms with Crippen molar-refractivity contribution in [1.29, 1.82) is 0 Å². The van der Waals surface area contributed by atoms with Gasteiger partial charge in [0.25, 0.3) is 0 Å². The molecule has 1 atom stereocenters. The Morgan fingerprint density at radius 2 is 2.07 bits per heavy atom. The number of nitrogens with one attached hydrogen (secondary N) is 1. The molecule has 1 aliphatic heterocycles. The predicted octanol–water partition coefficient (Wildman–Crippen LogP) is 2.58. The van der Waals surface area contributed by atoms with Gasteiger partial charge in [0, 0.05) is 25.7 Å². The maximum absolute atomic E-state index is 12.7. The number of carbonyl (C=O) groups is 1. The molecule has 2 aromatic heterocycles. The molecule has 2 aromatic rings. The van der Waals surface area contributed by atoms with Gasteiger partial charge in [-0.2, -0.15) is 0 Å². The topological polar surface area (TPSA) is 98.3 Å². The fourth-order valence-corrected chi connectivity index (χ4v) is 3.93. The first-order valence-electron chi connectivity index (χ1n) is 9.64. The number of thioether (sulfide) groups is 1. The first-order chi connectivity index (χ1) is 13.5. The fraction of sp³-hybridized carbons (Fsp3) is 0.667. The molecule has 28 heavy (non-hydrogen) atoms. The van der Waals surface area contributed by atoms with Crippen molar-refractivity contribution in [3.8, 4) is 0 Å². The minimum Gasteiger partial charge on any atom is -0.378 e. The van der Waals surface area contributed by atoms with Crippen LogP contribution in [-0.2, 0) is 16.1 Å². The number of nitrogens with zero attached hydrogens (tertiary/aromatic N) is 5. The van der Waals surface area contributed by atoms with E-state index in [1.807, 2.05) is 6.92 Å². The minimum atomic E-state index is -0.301. The van der Waals surface area contributed by atoms with Crippen LogP contribution < -0.4 is 10.2 Å². The van der Waals surface area contributed by atoms with Crippen molar-refractivity contribution >= 4 is 29.4 Å². The third-order valence-corrected chi connectivity index (χ3v) is 5.67. The van der Waals surface area contributed by atoms with Crippen molar-refractivity contribution in [3.63, 3.8) is 0 Å². The molecule has 3 heterocycles. The van der Waals surface area contributed by atoms with E-state index >= 15 is 0 Å². The highest BCUT2D eigenvalue weighted by Crippen LogP contribution is 2.29. The predicted molar refractivity (Wildman–Crippen MR) is 108 cm³/mol. The lowest BCUT2D eigenvalue weighted by Crippen LogP contribution is -2.38. The average molecular weight is 409 g/mol. The highest BCUT2D eigenvalue weighted by atomic mass is 32.2. The van der Waals surface area contributed by atoms with Crippen LogP contribution in [0.15, 0.2) is 15.7 Å². The van der Waals surface area contributed by atoms with Gasteiger partial charge in [-0.3, -0.25) is 9.36 Å². The summed E-state index contributed by atoms with van der Waals surface area (Å²) in [5.41, 5.74) is 0. The lowest BCUT2D eigenvalue weighted by atomic mass is 10.2. The van der Waals surface area contributed by atoms with Crippen molar-refractivity contribution in [2.75, 3.05) is 36.5 Å². The number of rotatable bonds is 8. The van der Waals surface area contributed by atoms with Crippen molar-refractivity contribution in [3.05, 3.63) is 11.8 Å². The maximum atomic E-state index is 12.7. The number of ether oxygens (including phenoxy) is 1. The van der Waals surface area contributed by atoms with E-state index < -0.39 is 0 Å². The number of carbonyl (C=O) groups excluding carboxylic acids is 1. The third kappa shape index (κ3) is 5.05. The number of hydrogen-bond donors (Lipinski definition) is 1. The first kappa shape index (κ1) is 20.7. The first-order valence-corrected chi connectivity index (χ1v) is 10.5. The molecule has 0 spiro atoms. The second-order valence-electron chi connectivity index (χ2n) is 7.21. The van der Waals surface area contributed by atoms with Crippen LogP contribution in [0.25, 0.3) is 0 Å². The number of aryl methyl sites for hydroxylation is 1. The second kappa shape index (κ2) is 9.42. The quantitative estimate of drug-likeness (QED) is 0.666. The molecule has 1 N–H and O–H groups in total. The zero-order chi connectivity index (χ0) is 20.1. The standard InChI is InChI=1S/C18H28N6O3S/c1-5-14(16(25)19-15-10-13(4)27-22-15)28-18-21-20-17(24(18)11-12(2)3)23-6-8-26-9-7-23/h10,12,14H,5-9,11H2,1-4H3,(H,19,22,25). The Balaban J connectivity index is 1.76. The Hall–Kier alpha value is -2.07. The summed E-state index contributed by atoms with van der Waals surface area (Å²) >= 11 is 1.44. The summed E-state index contributed by atoms with van der Waals surface area (Å²) in [6.45, 7) is 11.9. The summed E-state index contributed by atoms with van der Waals surface area (Å²) in [6.07, 6.45) is 0.661. The van der Waals surface area contributed by atoms with E-state index in [4.69, 9.17) is 9.26 Å². The van der Waals surface area contributed by atoms with E-state index in [9.17, 15) is 4.79 Å². The summed E-state index contributed by atoms with van der Waals surface area (Å²) in [6, 6.07) is 1.70. The zero-order valence-electron chi connectivity index (χ0n) is 16.8. The third-order valence-electron chi connectivity index (χ3n) is 4.33. The van der Waals surface area contributed by atoms with Gasteiger partial charge in [0.2, 0.25) is 11.9 Å². The molecule has 1 aliphatic rings. The summed E-state index contributed by atoms with van der Waals surface area (Å²) < 4.78 is 12.6. The Kier molecular flexibility index (Phi) is 6.95. The van der Waals surface area contributed by atoms with Crippen LogP contribution in [0.1, 0.15) is 33.0 Å². The van der Waals surface area contributed by atoms with Gasteiger partial charge in [0.1, 0.15) is 5.76 Å². The molecule has 0 aliphatic carbocycles. The summed E-state index contributed by atoms with van der Waals surface area (Å²) in [5.74, 6) is 2.25. The van der Waals surface area contributed by atoms with Gasteiger partial charge in [0.05, 0.1) is 18.5 Å². The SMILES string of the molecule is CCC(Sc1nnc(N2CCOCC2)n1CC(C)C)C(=O)Nc1cc(C)on1. The van der Waals surface area contributed by atoms with E-state index in [1.54, 1.807) is 13.0 Å². The lowest BCUT2D eigenvalue weighted by Gasteiger charge is -2.28. The molecule has 154 valence electrons. The van der Waals surface area contributed by atoms with Crippen molar-refractivity contribution in [2.24, 2.45) is 5.92 Å². The molecule has 0 saturated carbocycles. The van der Waals surface area contributed by atoms with Crippen LogP contribution in [0, 0.1) is 12.8 Å². The molecule has 1 amide bonds. The molecule has 0 bridgehead atoms. The van der Waals surface area contributed by atoms with Gasteiger partial charge in [-0.05, 0) is 19.3 Å². The van der Waals surface area contributed by atoms with E-state index in [0.717, 1.165) is 30.7 Å². The minimum absolute atomic E-state index is 0.118. The van der Waals surface area contributed by atoms with Gasteiger partial charge < -0.3 is 19.5 Å². The van der Waals surface area contributed by atoms with Gasteiger partial charge in [-0.1, -0.05) is 37.7 Å². The Morgan fingerprint density at radius 3 is 2.68 bits per heavy atom. The highest BCUT2D eigenvalue weighted by Gasteiger charge is 2.26. The van der Waals surface area contributed by atoms with Crippen molar-refractivity contribution in [1.82, 2.24) is 19.9 Å². The van der Waals surface area contributed by atoms with Gasteiger partial charge in [0.15, 0.2) is 11.0 Å². The van der Waals surface area contributed by atoms with Crippen LogP contribution >= 0.6 is 11.8 Å². The molecule has 3 rings (SSSR count). The molecule has 0 aromatic carbocycles. The number of amides is 1. The van der Waals surface area contributed by atoms with E-state index in [2.05, 4.69) is 44.0 Å². The largest absolute Gasteiger partial charge is 0.378 e. The van der Waals surface area contributed by atoms with Crippen molar-refractivity contribution < 1.29 is 14.1 Å². The molecule has 0 radical (unpaired) electrons. The fourth-order valence-electron chi connectivity index (χ4n) is 2.97. The molecule has 10 heteroatoms. The smallest absolute Gasteiger partial charge is 0.239 e. The second-order valence-corrected chi connectivity index (χ2v) is 8.38. The van der Waals surface area contributed by atoms with Gasteiger partial charge in [-0.15, -0.1) is 10.2 Å². The summed E-state index contributed by atoms with van der Waals surface area (Å²) in [5, 5.41) is 15.9. The Bertz CT molecular complexity index is 784. The molecular formula is C18H28N6O3S. The lowest BCUT2D eigenvalue weighted by molar-refractivity contribution is -0.115. The number of aromatic nitrogens is 4. The Morgan fingerprint density at radius 1 is 1.32 bits per heavy atom. The molecule has 9 nitrogen and oxygen atoms in total. The monoisotopic (exact) mass is 408 g/mol. The number of anilines is 2. The number of morpholine rings is 1. The maximum Gasteiger partial charge on any atom is 0.239 e. The van der Waals surface area contributed by atoms with Crippen LogP contribution in [0.3, 0.4) is 0 Å².